The highest BCUT2D eigenvalue weighted by Crippen LogP contribution is 2.14. The van der Waals surface area contributed by atoms with Gasteiger partial charge in [0.05, 0.1) is 12.1 Å². The van der Waals surface area contributed by atoms with E-state index in [2.05, 4.69) is 10.2 Å². The Balaban J connectivity index is 2.04. The molecular formula is C17H22FN3O. The average Bonchev–Trinajstić information content (AvgIpc) is 2.51. The molecule has 0 atom stereocenters. The summed E-state index contributed by atoms with van der Waals surface area (Å²) >= 11 is 0. The van der Waals surface area contributed by atoms with Crippen LogP contribution in [-0.2, 0) is 4.79 Å². The molecule has 1 aromatic carbocycles. The number of piperidine rings is 1. The lowest BCUT2D eigenvalue weighted by Crippen LogP contribution is -2.35. The van der Waals surface area contributed by atoms with Crippen LogP contribution in [0.25, 0.3) is 0 Å². The molecule has 0 saturated carbocycles. The normalized spacial score (nSPS) is 16.8. The first-order chi connectivity index (χ1) is 10.6. The molecule has 1 aliphatic rings. The third-order valence-electron chi connectivity index (χ3n) is 3.84. The third kappa shape index (κ3) is 4.49. The van der Waals surface area contributed by atoms with Crippen molar-refractivity contribution >= 4 is 17.7 Å². The van der Waals surface area contributed by atoms with Crippen molar-refractivity contribution in [1.29, 1.82) is 5.41 Å². The second-order valence-electron chi connectivity index (χ2n) is 5.57. The number of rotatable bonds is 6. The summed E-state index contributed by atoms with van der Waals surface area (Å²) in [4.78, 5) is 14.5. The first kappa shape index (κ1) is 16.4. The fourth-order valence-corrected chi connectivity index (χ4v) is 2.62. The maximum Gasteiger partial charge on any atom is 0.180 e. The van der Waals surface area contributed by atoms with Crippen LogP contribution >= 0.6 is 0 Å². The fraction of sp³-hybridized carbons (Fsp3) is 0.412. The van der Waals surface area contributed by atoms with E-state index < -0.39 is 0 Å². The molecule has 118 valence electrons. The van der Waals surface area contributed by atoms with Crippen molar-refractivity contribution in [3.63, 3.8) is 0 Å². The Morgan fingerprint density at radius 2 is 1.91 bits per heavy atom. The Kier molecular flexibility index (Phi) is 5.83. The largest absolute Gasteiger partial charge is 0.358 e. The van der Waals surface area contributed by atoms with Gasteiger partial charge >= 0.3 is 0 Å². The summed E-state index contributed by atoms with van der Waals surface area (Å²) in [6, 6.07) is 5.93. The molecule has 5 heteroatoms. The van der Waals surface area contributed by atoms with Crippen molar-refractivity contribution in [3.05, 3.63) is 41.4 Å². The van der Waals surface area contributed by atoms with Crippen molar-refractivity contribution < 1.29 is 9.18 Å². The van der Waals surface area contributed by atoms with Crippen molar-refractivity contribution in [2.45, 2.75) is 26.2 Å². The Hall–Kier alpha value is -2.01. The van der Waals surface area contributed by atoms with Crippen LogP contribution in [0, 0.1) is 11.2 Å². The molecule has 0 aromatic heterocycles. The lowest BCUT2D eigenvalue weighted by atomic mass is 10.1. The van der Waals surface area contributed by atoms with E-state index in [1.165, 1.54) is 18.6 Å². The molecule has 0 bridgehead atoms. The number of nitrogens with one attached hydrogen (secondary N) is 2. The number of carbonyl (C=O) groups is 1. The van der Waals surface area contributed by atoms with Gasteiger partial charge in [-0.2, -0.15) is 0 Å². The van der Waals surface area contributed by atoms with Crippen LogP contribution in [0.1, 0.15) is 26.2 Å². The Bertz CT molecular complexity index is 560. The molecule has 2 N–H and O–H groups in total. The number of ketones is 1. The molecule has 1 aliphatic heterocycles. The number of benzene rings is 1. The lowest BCUT2D eigenvalue weighted by molar-refractivity contribution is -0.116. The summed E-state index contributed by atoms with van der Waals surface area (Å²) < 4.78 is 12.9. The Morgan fingerprint density at radius 1 is 1.27 bits per heavy atom. The highest BCUT2D eigenvalue weighted by Gasteiger charge is 2.17. The Morgan fingerprint density at radius 3 is 2.50 bits per heavy atom. The van der Waals surface area contributed by atoms with Gasteiger partial charge in [-0.1, -0.05) is 6.42 Å². The van der Waals surface area contributed by atoms with Crippen LogP contribution in [0.5, 0.6) is 0 Å². The summed E-state index contributed by atoms with van der Waals surface area (Å²) in [5, 5.41) is 10.6. The molecule has 0 amide bonds. The fourth-order valence-electron chi connectivity index (χ4n) is 2.62. The van der Waals surface area contributed by atoms with Gasteiger partial charge in [0.2, 0.25) is 0 Å². The number of allylic oxidation sites excluding steroid dienone is 1. The first-order valence-corrected chi connectivity index (χ1v) is 7.59. The molecule has 0 unspecified atom stereocenters. The second kappa shape index (κ2) is 7.84. The van der Waals surface area contributed by atoms with Crippen molar-refractivity contribution in [1.82, 2.24) is 4.90 Å². The van der Waals surface area contributed by atoms with E-state index in [-0.39, 0.29) is 11.6 Å². The van der Waals surface area contributed by atoms with E-state index in [0.717, 1.165) is 32.1 Å². The number of Topliss-reactive ketones (excluding diaryl/α,β-unsaturated/α-hetero) is 1. The number of carbonyl (C=O) groups excluding carboxylic acids is 1. The molecule has 4 nitrogen and oxygen atoms in total. The van der Waals surface area contributed by atoms with Gasteiger partial charge in [0.25, 0.3) is 0 Å². The molecule has 22 heavy (non-hydrogen) atoms. The van der Waals surface area contributed by atoms with Crippen LogP contribution in [0.4, 0.5) is 10.1 Å². The molecular weight excluding hydrogens is 281 g/mol. The zero-order valence-electron chi connectivity index (χ0n) is 12.9. The highest BCUT2D eigenvalue weighted by molar-refractivity contribution is 6.14. The average molecular weight is 303 g/mol. The molecule has 2 rings (SSSR count). The van der Waals surface area contributed by atoms with Gasteiger partial charge in [0.15, 0.2) is 5.78 Å². The molecule has 0 spiro atoms. The van der Waals surface area contributed by atoms with Gasteiger partial charge in [-0.25, -0.2) is 4.39 Å². The second-order valence-corrected chi connectivity index (χ2v) is 5.57. The van der Waals surface area contributed by atoms with Crippen molar-refractivity contribution in [3.8, 4) is 0 Å². The lowest BCUT2D eigenvalue weighted by Gasteiger charge is -2.25. The summed E-state index contributed by atoms with van der Waals surface area (Å²) in [7, 11) is 0. The minimum atomic E-state index is -0.305. The number of likely N-dealkylation sites (tertiary alicyclic amines) is 1. The van der Waals surface area contributed by atoms with Gasteiger partial charge in [0, 0.05) is 17.6 Å². The molecule has 1 fully saturated rings. The number of anilines is 1. The zero-order valence-corrected chi connectivity index (χ0v) is 12.9. The predicted molar refractivity (Wildman–Crippen MR) is 86.8 cm³/mol. The summed E-state index contributed by atoms with van der Waals surface area (Å²) in [6.45, 7) is 4.01. The minimum absolute atomic E-state index is 0.0518. The zero-order chi connectivity index (χ0) is 15.9. The third-order valence-corrected chi connectivity index (χ3v) is 3.84. The van der Waals surface area contributed by atoms with Gasteiger partial charge in [-0.15, -0.1) is 0 Å². The molecule has 1 heterocycles. The first-order valence-electron chi connectivity index (χ1n) is 7.59. The molecule has 0 radical (unpaired) electrons. The van der Waals surface area contributed by atoms with Crippen molar-refractivity contribution in [2.75, 3.05) is 25.0 Å². The van der Waals surface area contributed by atoms with Crippen molar-refractivity contribution in [2.24, 2.45) is 0 Å². The SMILES string of the molecule is C/C(Nc1ccc(F)cc1)=C(/C=N)C(=O)CN1CCCCC1. The van der Waals surface area contributed by atoms with Crippen LogP contribution in [0.15, 0.2) is 35.5 Å². The maximum absolute atomic E-state index is 12.9. The summed E-state index contributed by atoms with van der Waals surface area (Å²) in [5.41, 5.74) is 1.68. The van der Waals surface area contributed by atoms with E-state index >= 15 is 0 Å². The van der Waals surface area contributed by atoms with Crippen LogP contribution in [0.2, 0.25) is 0 Å². The van der Waals surface area contributed by atoms with E-state index in [0.29, 0.717) is 23.5 Å². The van der Waals surface area contributed by atoms with Gasteiger partial charge < -0.3 is 10.7 Å². The van der Waals surface area contributed by atoms with Gasteiger partial charge in [-0.05, 0) is 57.1 Å². The van der Waals surface area contributed by atoms with E-state index in [9.17, 15) is 9.18 Å². The molecule has 1 saturated heterocycles. The quantitative estimate of drug-likeness (QED) is 0.627. The smallest absolute Gasteiger partial charge is 0.180 e. The monoisotopic (exact) mass is 303 g/mol. The molecule has 1 aromatic rings. The van der Waals surface area contributed by atoms with Gasteiger partial charge in [0.1, 0.15) is 5.82 Å². The summed E-state index contributed by atoms with van der Waals surface area (Å²) in [5.74, 6) is -0.357. The highest BCUT2D eigenvalue weighted by atomic mass is 19.1. The number of nitrogens with zero attached hydrogens (tertiary/aromatic N) is 1. The predicted octanol–water partition coefficient (Wildman–Crippen LogP) is 3.22. The van der Waals surface area contributed by atoms with E-state index in [1.54, 1.807) is 19.1 Å². The maximum atomic E-state index is 12.9. The molecule has 0 aliphatic carbocycles. The number of hydrogen-bond acceptors (Lipinski definition) is 4. The van der Waals surface area contributed by atoms with Crippen LogP contribution in [0.3, 0.4) is 0 Å². The van der Waals surface area contributed by atoms with Crippen LogP contribution < -0.4 is 5.32 Å². The topological polar surface area (TPSA) is 56.2 Å². The Labute approximate surface area is 130 Å². The minimum Gasteiger partial charge on any atom is -0.358 e. The summed E-state index contributed by atoms with van der Waals surface area (Å²) in [6.07, 6.45) is 4.58. The number of hydrogen-bond donors (Lipinski definition) is 2. The standard InChI is InChI=1S/C17H22FN3O/c1-13(20-15-7-5-14(18)6-8-15)16(11-19)17(22)12-21-9-3-2-4-10-21/h5-8,11,19-20H,2-4,9-10,12H2,1H3/b16-13+,19-11?. The number of halogens is 1. The van der Waals surface area contributed by atoms with E-state index in [1.807, 2.05) is 0 Å². The van der Waals surface area contributed by atoms with Gasteiger partial charge in [-0.3, -0.25) is 9.69 Å². The van der Waals surface area contributed by atoms with E-state index in [4.69, 9.17) is 5.41 Å². The van der Waals surface area contributed by atoms with Crippen LogP contribution in [-0.4, -0.2) is 36.5 Å².